The Labute approximate surface area is 304 Å². The summed E-state index contributed by atoms with van der Waals surface area (Å²) in [6.45, 7) is 8.21. The van der Waals surface area contributed by atoms with Crippen molar-refractivity contribution in [2.24, 2.45) is 4.99 Å². The Morgan fingerprint density at radius 2 is 1.69 bits per heavy atom. The number of ether oxygens (including phenoxy) is 5. The number of likely N-dealkylation sites (tertiary alicyclic amines) is 1. The number of nitrogens with one attached hydrogen (secondary N) is 2. The highest BCUT2D eigenvalue weighted by atomic mass is 127. The lowest BCUT2D eigenvalue weighted by Gasteiger charge is -2.33. The number of pyridine rings is 1. The molecule has 1 amide bonds. The van der Waals surface area contributed by atoms with Crippen molar-refractivity contribution in [1.82, 2.24) is 10.2 Å². The molecule has 2 N–H and O–H groups in total. The Hall–Kier alpha value is -3.55. The first kappa shape index (κ1) is 40.6. The standard InChI is InChI=1S/C33H45ClN6O7.HI/c1-33(2,3)47-31(41)40-19-14-29(15-20-40)44-22-23-45-32(42)46-25-39-17-12-27(13-18-39)38-30(37-24-35)36-16-6-4-5-7-21-43-28-10-8-26(34)9-11-28;/h8-13,17-18,29H,4-7,14-16,19-23,25H2,1-3H3,(H,36,37);1H. The van der Waals surface area contributed by atoms with E-state index in [0.29, 0.717) is 55.8 Å². The summed E-state index contributed by atoms with van der Waals surface area (Å²) in [5, 5.41) is 16.0. The molecule has 264 valence electrons. The van der Waals surface area contributed by atoms with Crippen LogP contribution in [0.3, 0.4) is 0 Å². The number of piperidine rings is 1. The van der Waals surface area contributed by atoms with E-state index in [1.807, 2.05) is 32.9 Å². The number of rotatable bonds is 15. The lowest BCUT2D eigenvalue weighted by atomic mass is 10.1. The minimum absolute atomic E-state index is 0. The molecule has 1 aliphatic rings. The van der Waals surface area contributed by atoms with Gasteiger partial charge >= 0.3 is 12.2 Å². The number of carbonyl (C=O) groups is 2. The van der Waals surface area contributed by atoms with E-state index in [1.165, 1.54) is 0 Å². The quantitative estimate of drug-likeness (QED) is 0.0525. The second-order valence-electron chi connectivity index (χ2n) is 11.8. The molecule has 0 aliphatic carbocycles. The zero-order valence-corrected chi connectivity index (χ0v) is 30.7. The molecule has 2 heterocycles. The third-order valence-electron chi connectivity index (χ3n) is 6.84. The molecular weight excluding hydrogens is 755 g/mol. The first-order chi connectivity index (χ1) is 22.6. The van der Waals surface area contributed by atoms with Gasteiger partial charge in [0, 0.05) is 36.8 Å². The highest BCUT2D eigenvalue weighted by molar-refractivity contribution is 6.30. The SMILES string of the molecule is CC(C)(C)OC(=O)N1CCC(OCCOC(=O)OC[n+]2ccc(NC(=NC#N)NCCCCCCOc3ccc(Cl)cc3)cc2)CC1.[I-]. The van der Waals surface area contributed by atoms with E-state index in [2.05, 4.69) is 15.6 Å². The molecule has 0 unspecified atom stereocenters. The molecule has 1 aliphatic heterocycles. The van der Waals surface area contributed by atoms with Crippen LogP contribution in [0.25, 0.3) is 0 Å². The van der Waals surface area contributed by atoms with Gasteiger partial charge in [0.2, 0.25) is 12.2 Å². The fraction of sp³-hybridized carbons (Fsp3) is 0.545. The lowest BCUT2D eigenvalue weighted by Crippen LogP contribution is -3.00. The zero-order valence-electron chi connectivity index (χ0n) is 27.8. The molecular formula is C33H46ClIN6O7. The number of amides is 1. The summed E-state index contributed by atoms with van der Waals surface area (Å²) in [7, 11) is 0. The predicted octanol–water partition coefficient (Wildman–Crippen LogP) is 2.64. The van der Waals surface area contributed by atoms with Crippen LogP contribution in [0.4, 0.5) is 15.3 Å². The van der Waals surface area contributed by atoms with Gasteiger partial charge in [0.15, 0.2) is 12.4 Å². The van der Waals surface area contributed by atoms with Gasteiger partial charge in [0.05, 0.1) is 25.0 Å². The van der Waals surface area contributed by atoms with Crippen molar-refractivity contribution in [1.29, 1.82) is 5.26 Å². The summed E-state index contributed by atoms with van der Waals surface area (Å²) in [5.41, 5.74) is 0.182. The topological polar surface area (TPSA) is 148 Å². The van der Waals surface area contributed by atoms with E-state index in [1.54, 1.807) is 52.3 Å². The Bertz CT molecular complexity index is 1310. The van der Waals surface area contributed by atoms with Gasteiger partial charge < -0.3 is 63.2 Å². The number of nitrogens with zero attached hydrogens (tertiary/aromatic N) is 4. The number of nitriles is 1. The molecule has 0 bridgehead atoms. The van der Waals surface area contributed by atoms with E-state index in [4.69, 9.17) is 40.5 Å². The number of guanidine groups is 1. The second kappa shape index (κ2) is 22.2. The maximum atomic E-state index is 12.2. The van der Waals surface area contributed by atoms with E-state index in [0.717, 1.165) is 31.4 Å². The van der Waals surface area contributed by atoms with Crippen LogP contribution in [0.1, 0.15) is 59.3 Å². The first-order valence-electron chi connectivity index (χ1n) is 15.9. The summed E-state index contributed by atoms with van der Waals surface area (Å²) in [5.74, 6) is 1.16. The molecule has 0 spiro atoms. The Kier molecular flexibility index (Phi) is 18.7. The predicted molar refractivity (Wildman–Crippen MR) is 176 cm³/mol. The van der Waals surface area contributed by atoms with E-state index >= 15 is 0 Å². The van der Waals surface area contributed by atoms with Crippen LogP contribution in [-0.2, 0) is 25.7 Å². The van der Waals surface area contributed by atoms with Crippen LogP contribution in [-0.4, -0.2) is 74.3 Å². The molecule has 13 nitrogen and oxygen atoms in total. The number of unbranched alkanes of at least 4 members (excludes halogenated alkanes) is 3. The van der Waals surface area contributed by atoms with E-state index < -0.39 is 11.8 Å². The molecule has 0 atom stereocenters. The van der Waals surface area contributed by atoms with Crippen molar-refractivity contribution in [2.75, 3.05) is 44.8 Å². The van der Waals surface area contributed by atoms with Crippen LogP contribution in [0, 0.1) is 11.5 Å². The van der Waals surface area contributed by atoms with Crippen molar-refractivity contribution in [2.45, 2.75) is 77.7 Å². The number of benzene rings is 1. The molecule has 0 saturated carbocycles. The van der Waals surface area contributed by atoms with Crippen LogP contribution in [0.2, 0.25) is 5.02 Å². The number of carbonyl (C=O) groups excluding carboxylic acids is 2. The van der Waals surface area contributed by atoms with Gasteiger partial charge in [0.25, 0.3) is 6.73 Å². The van der Waals surface area contributed by atoms with Crippen molar-refractivity contribution in [3.63, 3.8) is 0 Å². The summed E-state index contributed by atoms with van der Waals surface area (Å²) in [6.07, 6.45) is 9.39. The van der Waals surface area contributed by atoms with Crippen molar-refractivity contribution in [3.8, 4) is 11.9 Å². The van der Waals surface area contributed by atoms with Crippen molar-refractivity contribution >= 4 is 35.5 Å². The van der Waals surface area contributed by atoms with Gasteiger partial charge in [-0.2, -0.15) is 9.83 Å². The monoisotopic (exact) mass is 800 g/mol. The van der Waals surface area contributed by atoms with Crippen LogP contribution >= 0.6 is 11.6 Å². The normalized spacial score (nSPS) is 13.5. The Morgan fingerprint density at radius 3 is 2.35 bits per heavy atom. The molecule has 1 fully saturated rings. The fourth-order valence-electron chi connectivity index (χ4n) is 4.47. The Morgan fingerprint density at radius 1 is 1.00 bits per heavy atom. The maximum absolute atomic E-state index is 12.2. The molecule has 2 aromatic rings. The van der Waals surface area contributed by atoms with Gasteiger partial charge in [-0.3, -0.25) is 0 Å². The fourth-order valence-corrected chi connectivity index (χ4v) is 4.60. The van der Waals surface area contributed by atoms with Gasteiger partial charge in [-0.05, 0) is 70.7 Å². The van der Waals surface area contributed by atoms with Crippen LogP contribution in [0.5, 0.6) is 5.75 Å². The lowest BCUT2D eigenvalue weighted by molar-refractivity contribution is -0.727. The second-order valence-corrected chi connectivity index (χ2v) is 12.3. The first-order valence-corrected chi connectivity index (χ1v) is 16.2. The minimum Gasteiger partial charge on any atom is -1.00 e. The molecule has 3 rings (SSSR count). The maximum Gasteiger partial charge on any atom is 0.513 e. The number of hydrogen-bond donors (Lipinski definition) is 2. The summed E-state index contributed by atoms with van der Waals surface area (Å²) in [6, 6.07) is 10.9. The summed E-state index contributed by atoms with van der Waals surface area (Å²) >= 11 is 5.88. The largest absolute Gasteiger partial charge is 1.00 e. The highest BCUT2D eigenvalue weighted by Gasteiger charge is 2.27. The molecule has 1 aromatic heterocycles. The number of aliphatic imine (C=N–C) groups is 1. The van der Waals surface area contributed by atoms with Crippen LogP contribution in [0.15, 0.2) is 53.8 Å². The molecule has 1 saturated heterocycles. The molecule has 0 radical (unpaired) electrons. The average Bonchev–Trinajstić information content (AvgIpc) is 3.04. The van der Waals surface area contributed by atoms with E-state index in [9.17, 15) is 9.59 Å². The van der Waals surface area contributed by atoms with Gasteiger partial charge in [-0.1, -0.05) is 24.4 Å². The molecule has 15 heteroatoms. The number of halogens is 2. The third kappa shape index (κ3) is 17.0. The van der Waals surface area contributed by atoms with Gasteiger partial charge in [-0.25, -0.2) is 9.59 Å². The number of anilines is 1. The van der Waals surface area contributed by atoms with Gasteiger partial charge in [-0.15, -0.1) is 4.99 Å². The average molecular weight is 801 g/mol. The number of aromatic nitrogens is 1. The zero-order chi connectivity index (χ0) is 33.9. The van der Waals surface area contributed by atoms with Crippen LogP contribution < -0.4 is 43.9 Å². The van der Waals surface area contributed by atoms with Crippen molar-refractivity contribution in [3.05, 3.63) is 53.8 Å². The summed E-state index contributed by atoms with van der Waals surface area (Å²) < 4.78 is 28.8. The molecule has 48 heavy (non-hydrogen) atoms. The highest BCUT2D eigenvalue weighted by Crippen LogP contribution is 2.18. The molecule has 1 aromatic carbocycles. The Balaban J connectivity index is 0.00000800. The third-order valence-corrected chi connectivity index (χ3v) is 7.10. The minimum atomic E-state index is -0.801. The summed E-state index contributed by atoms with van der Waals surface area (Å²) in [4.78, 5) is 29.7. The van der Waals surface area contributed by atoms with Crippen molar-refractivity contribution < 1.29 is 61.8 Å². The smallest absolute Gasteiger partial charge is 0.513 e. The van der Waals surface area contributed by atoms with E-state index in [-0.39, 0.29) is 56.1 Å². The van der Waals surface area contributed by atoms with Gasteiger partial charge in [0.1, 0.15) is 18.0 Å². The number of hydrogen-bond acceptors (Lipinski definition) is 9.